The van der Waals surface area contributed by atoms with Gasteiger partial charge in [-0.15, -0.1) is 23.1 Å². The Morgan fingerprint density at radius 3 is 2.81 bits per heavy atom. The van der Waals surface area contributed by atoms with Gasteiger partial charge in [0, 0.05) is 21.7 Å². The Morgan fingerprint density at radius 2 is 2.11 bits per heavy atom. The van der Waals surface area contributed by atoms with Crippen LogP contribution in [-0.4, -0.2) is 17.5 Å². The van der Waals surface area contributed by atoms with E-state index in [0.29, 0.717) is 17.0 Å². The van der Waals surface area contributed by atoms with E-state index in [1.165, 1.54) is 41.3 Å². The molecule has 0 bridgehead atoms. The second-order valence-electron chi connectivity index (χ2n) is 5.24. The fourth-order valence-corrected chi connectivity index (χ4v) is 4.05. The molecule has 2 aromatic carbocycles. The van der Waals surface area contributed by atoms with Crippen molar-refractivity contribution >= 4 is 46.3 Å². The molecule has 27 heavy (non-hydrogen) atoms. The molecule has 0 radical (unpaired) electrons. The molecule has 1 heterocycles. The SMILES string of the molecule is O=C(Nc1ccc(OC(F)F)c(Cl)c1)c1ccccc1SCc1cscn1. The number of rotatable bonds is 7. The molecular weight excluding hydrogens is 414 g/mol. The number of alkyl halides is 2. The van der Waals surface area contributed by atoms with Gasteiger partial charge >= 0.3 is 6.61 Å². The average Bonchev–Trinajstić information content (AvgIpc) is 3.16. The highest BCUT2D eigenvalue weighted by Gasteiger charge is 2.14. The number of nitrogens with one attached hydrogen (secondary N) is 1. The van der Waals surface area contributed by atoms with Crippen LogP contribution in [0, 0.1) is 0 Å². The molecule has 0 atom stereocenters. The van der Waals surface area contributed by atoms with Gasteiger partial charge in [0.15, 0.2) is 0 Å². The second-order valence-corrected chi connectivity index (χ2v) is 7.39. The number of anilines is 1. The summed E-state index contributed by atoms with van der Waals surface area (Å²) < 4.78 is 28.9. The van der Waals surface area contributed by atoms with Crippen LogP contribution in [0.2, 0.25) is 5.02 Å². The van der Waals surface area contributed by atoms with Crippen molar-refractivity contribution in [1.82, 2.24) is 4.98 Å². The van der Waals surface area contributed by atoms with Crippen LogP contribution in [0.3, 0.4) is 0 Å². The van der Waals surface area contributed by atoms with E-state index >= 15 is 0 Å². The zero-order chi connectivity index (χ0) is 19.2. The highest BCUT2D eigenvalue weighted by Crippen LogP contribution is 2.30. The van der Waals surface area contributed by atoms with E-state index in [1.54, 1.807) is 17.6 Å². The van der Waals surface area contributed by atoms with Gasteiger partial charge in [-0.2, -0.15) is 8.78 Å². The maximum atomic E-state index is 12.6. The highest BCUT2D eigenvalue weighted by atomic mass is 35.5. The number of thioether (sulfide) groups is 1. The molecule has 0 spiro atoms. The summed E-state index contributed by atoms with van der Waals surface area (Å²) in [5, 5.41) is 4.66. The lowest BCUT2D eigenvalue weighted by Gasteiger charge is -2.11. The van der Waals surface area contributed by atoms with Crippen LogP contribution in [0.4, 0.5) is 14.5 Å². The zero-order valence-electron chi connectivity index (χ0n) is 13.7. The first-order valence-corrected chi connectivity index (χ1v) is 9.98. The fourth-order valence-electron chi connectivity index (χ4n) is 2.21. The Labute approximate surface area is 167 Å². The number of amides is 1. The molecule has 0 saturated heterocycles. The molecule has 0 aliphatic carbocycles. The van der Waals surface area contributed by atoms with E-state index in [9.17, 15) is 13.6 Å². The minimum Gasteiger partial charge on any atom is -0.433 e. The molecule has 9 heteroatoms. The number of hydrogen-bond acceptors (Lipinski definition) is 5. The summed E-state index contributed by atoms with van der Waals surface area (Å²) in [4.78, 5) is 17.7. The Bertz CT molecular complexity index is 923. The molecule has 4 nitrogen and oxygen atoms in total. The molecule has 0 saturated carbocycles. The van der Waals surface area contributed by atoms with Gasteiger partial charge in [0.2, 0.25) is 0 Å². The number of hydrogen-bond donors (Lipinski definition) is 1. The summed E-state index contributed by atoms with van der Waals surface area (Å²) in [6.45, 7) is -2.97. The molecule has 1 aromatic heterocycles. The maximum absolute atomic E-state index is 12.6. The Hall–Kier alpha value is -2.16. The van der Waals surface area contributed by atoms with Gasteiger partial charge in [0.25, 0.3) is 5.91 Å². The van der Waals surface area contributed by atoms with Gasteiger partial charge < -0.3 is 10.1 Å². The van der Waals surface area contributed by atoms with Gasteiger partial charge in [0.1, 0.15) is 5.75 Å². The van der Waals surface area contributed by atoms with Crippen molar-refractivity contribution in [2.75, 3.05) is 5.32 Å². The molecule has 1 amide bonds. The number of benzene rings is 2. The fraction of sp³-hybridized carbons (Fsp3) is 0.111. The van der Waals surface area contributed by atoms with Crippen molar-refractivity contribution in [2.45, 2.75) is 17.3 Å². The van der Waals surface area contributed by atoms with Crippen LogP contribution in [-0.2, 0) is 5.75 Å². The third-order valence-electron chi connectivity index (χ3n) is 3.40. The standard InChI is InChI=1S/C18H13ClF2N2O2S2/c19-14-7-11(5-6-15(14)25-18(20)21)23-17(24)13-3-1-2-4-16(13)27-9-12-8-26-10-22-12/h1-8,10,18H,9H2,(H,23,24). The second kappa shape index (κ2) is 9.16. The summed E-state index contributed by atoms with van der Waals surface area (Å²) in [6.07, 6.45) is 0. The summed E-state index contributed by atoms with van der Waals surface area (Å²) in [5.74, 6) is 0.179. The first-order chi connectivity index (χ1) is 13.0. The molecule has 0 fully saturated rings. The minimum absolute atomic E-state index is 0.0145. The van der Waals surface area contributed by atoms with Crippen molar-refractivity contribution in [3.8, 4) is 5.75 Å². The van der Waals surface area contributed by atoms with Gasteiger partial charge in [-0.3, -0.25) is 4.79 Å². The van der Waals surface area contributed by atoms with E-state index in [-0.39, 0.29) is 16.7 Å². The first-order valence-electron chi connectivity index (χ1n) is 7.67. The van der Waals surface area contributed by atoms with Crippen LogP contribution in [0.5, 0.6) is 5.75 Å². The van der Waals surface area contributed by atoms with Crippen molar-refractivity contribution in [3.05, 3.63) is 69.6 Å². The Morgan fingerprint density at radius 1 is 1.30 bits per heavy atom. The van der Waals surface area contributed by atoms with Gasteiger partial charge in [0.05, 0.1) is 21.8 Å². The molecule has 3 aromatic rings. The molecule has 140 valence electrons. The minimum atomic E-state index is -2.97. The topological polar surface area (TPSA) is 51.2 Å². The third-order valence-corrected chi connectivity index (χ3v) is 5.43. The number of carbonyl (C=O) groups excluding carboxylic acids is 1. The van der Waals surface area contributed by atoms with E-state index in [2.05, 4.69) is 15.0 Å². The molecule has 1 N–H and O–H groups in total. The lowest BCUT2D eigenvalue weighted by molar-refractivity contribution is -0.0497. The van der Waals surface area contributed by atoms with Gasteiger partial charge in [-0.05, 0) is 30.3 Å². The normalized spacial score (nSPS) is 10.8. The quantitative estimate of drug-likeness (QED) is 0.475. The van der Waals surface area contributed by atoms with Crippen molar-refractivity contribution in [1.29, 1.82) is 0 Å². The molecule has 0 unspecified atom stereocenters. The van der Waals surface area contributed by atoms with Crippen molar-refractivity contribution in [2.24, 2.45) is 0 Å². The Balaban J connectivity index is 1.71. The van der Waals surface area contributed by atoms with Crippen LogP contribution in [0.15, 0.2) is 58.3 Å². The van der Waals surface area contributed by atoms with E-state index in [4.69, 9.17) is 11.6 Å². The number of nitrogens with zero attached hydrogens (tertiary/aromatic N) is 1. The first kappa shape index (κ1) is 19.6. The predicted octanol–water partition coefficient (Wildman–Crippen LogP) is 5.94. The average molecular weight is 427 g/mol. The number of carbonyl (C=O) groups is 1. The lowest BCUT2D eigenvalue weighted by atomic mass is 10.2. The van der Waals surface area contributed by atoms with E-state index in [0.717, 1.165) is 10.6 Å². The summed E-state index contributed by atoms with van der Waals surface area (Å²) >= 11 is 8.95. The van der Waals surface area contributed by atoms with Crippen LogP contribution in [0.25, 0.3) is 0 Å². The number of ether oxygens (including phenoxy) is 1. The van der Waals surface area contributed by atoms with Crippen molar-refractivity contribution in [3.63, 3.8) is 0 Å². The molecule has 0 aliphatic rings. The van der Waals surface area contributed by atoms with Crippen LogP contribution >= 0.6 is 34.7 Å². The van der Waals surface area contributed by atoms with Crippen LogP contribution in [0.1, 0.15) is 16.1 Å². The number of aromatic nitrogens is 1. The van der Waals surface area contributed by atoms with Gasteiger partial charge in [-0.1, -0.05) is 23.7 Å². The third kappa shape index (κ3) is 5.41. The molecular formula is C18H13ClF2N2O2S2. The Kier molecular flexibility index (Phi) is 6.65. The summed E-state index contributed by atoms with van der Waals surface area (Å²) in [5.41, 5.74) is 3.59. The largest absolute Gasteiger partial charge is 0.433 e. The maximum Gasteiger partial charge on any atom is 0.387 e. The summed E-state index contributed by atoms with van der Waals surface area (Å²) in [7, 11) is 0. The predicted molar refractivity (Wildman–Crippen MR) is 104 cm³/mol. The molecule has 3 rings (SSSR count). The van der Waals surface area contributed by atoms with E-state index in [1.807, 2.05) is 17.5 Å². The monoisotopic (exact) mass is 426 g/mol. The molecule has 0 aliphatic heterocycles. The summed E-state index contributed by atoms with van der Waals surface area (Å²) in [6, 6.07) is 11.3. The van der Waals surface area contributed by atoms with Crippen LogP contribution < -0.4 is 10.1 Å². The number of halogens is 3. The zero-order valence-corrected chi connectivity index (χ0v) is 16.1. The van der Waals surface area contributed by atoms with Crippen molar-refractivity contribution < 1.29 is 18.3 Å². The lowest BCUT2D eigenvalue weighted by Crippen LogP contribution is -2.13. The highest BCUT2D eigenvalue weighted by molar-refractivity contribution is 7.98. The van der Waals surface area contributed by atoms with Gasteiger partial charge in [-0.25, -0.2) is 4.98 Å². The van der Waals surface area contributed by atoms with E-state index < -0.39 is 6.61 Å². The smallest absolute Gasteiger partial charge is 0.387 e. The number of thiazole rings is 1.